The number of aromatic nitrogens is 2. The second kappa shape index (κ2) is 7.82. The van der Waals surface area contributed by atoms with Gasteiger partial charge in [0.2, 0.25) is 0 Å². The lowest BCUT2D eigenvalue weighted by Crippen LogP contribution is -2.35. The van der Waals surface area contributed by atoms with E-state index in [1.807, 2.05) is 31.2 Å². The van der Waals surface area contributed by atoms with Crippen LogP contribution < -0.4 is 10.9 Å². The highest BCUT2D eigenvalue weighted by molar-refractivity contribution is 6.02. The van der Waals surface area contributed by atoms with E-state index in [4.69, 9.17) is 4.74 Å². The Morgan fingerprint density at radius 3 is 2.48 bits per heavy atom. The topological polar surface area (TPSA) is 101 Å². The number of H-pyrrole nitrogens is 1. The third-order valence-electron chi connectivity index (χ3n) is 4.13. The lowest BCUT2D eigenvalue weighted by atomic mass is 10.1. The van der Waals surface area contributed by atoms with Crippen molar-refractivity contribution in [2.75, 3.05) is 0 Å². The molecular weight excluding hydrogens is 346 g/mol. The number of nitrogens with zero attached hydrogens (tertiary/aromatic N) is 1. The molecule has 0 saturated carbocycles. The average Bonchev–Trinajstić information content (AvgIpc) is 2.67. The number of aromatic amines is 1. The number of carbonyl (C=O) groups is 2. The van der Waals surface area contributed by atoms with Crippen LogP contribution >= 0.6 is 0 Å². The number of carbonyl (C=O) groups excluding carboxylic acids is 2. The van der Waals surface area contributed by atoms with Gasteiger partial charge in [-0.2, -0.15) is 5.10 Å². The summed E-state index contributed by atoms with van der Waals surface area (Å²) < 4.78 is 5.22. The molecule has 7 heteroatoms. The summed E-state index contributed by atoms with van der Waals surface area (Å²) in [6.07, 6.45) is -1.00. The van der Waals surface area contributed by atoms with Gasteiger partial charge < -0.3 is 10.1 Å². The monoisotopic (exact) mass is 365 g/mol. The van der Waals surface area contributed by atoms with Crippen molar-refractivity contribution in [3.05, 3.63) is 75.7 Å². The molecule has 7 nitrogen and oxygen atoms in total. The van der Waals surface area contributed by atoms with Crippen LogP contribution in [0.2, 0.25) is 0 Å². The molecule has 2 aromatic carbocycles. The molecule has 0 aliphatic carbocycles. The minimum Gasteiger partial charge on any atom is -0.448 e. The Morgan fingerprint density at radius 1 is 1.11 bits per heavy atom. The second-order valence-corrected chi connectivity index (χ2v) is 6.20. The SMILES string of the molecule is Cc1ccc(CNC(=O)C(C)OC(=O)c2n[nH]c(=O)c3ccccc23)cc1. The van der Waals surface area contributed by atoms with E-state index in [-0.39, 0.29) is 5.69 Å². The number of rotatable bonds is 5. The van der Waals surface area contributed by atoms with Crippen molar-refractivity contribution in [2.24, 2.45) is 0 Å². The van der Waals surface area contributed by atoms with E-state index in [1.54, 1.807) is 24.3 Å². The van der Waals surface area contributed by atoms with Crippen molar-refractivity contribution in [1.29, 1.82) is 0 Å². The van der Waals surface area contributed by atoms with E-state index in [1.165, 1.54) is 6.92 Å². The van der Waals surface area contributed by atoms with Crippen LogP contribution in [0.1, 0.15) is 28.5 Å². The maximum Gasteiger partial charge on any atom is 0.360 e. The summed E-state index contributed by atoms with van der Waals surface area (Å²) in [5.41, 5.74) is 1.64. The van der Waals surface area contributed by atoms with Gasteiger partial charge >= 0.3 is 5.97 Å². The summed E-state index contributed by atoms with van der Waals surface area (Å²) in [4.78, 5) is 36.4. The summed E-state index contributed by atoms with van der Waals surface area (Å²) in [5.74, 6) is -1.20. The first-order valence-electron chi connectivity index (χ1n) is 8.47. The predicted molar refractivity (Wildman–Crippen MR) is 100 cm³/mol. The third kappa shape index (κ3) is 4.20. The fourth-order valence-corrected chi connectivity index (χ4v) is 2.58. The molecular formula is C20H19N3O4. The molecule has 1 unspecified atom stereocenters. The molecule has 1 aromatic heterocycles. The summed E-state index contributed by atoms with van der Waals surface area (Å²) >= 11 is 0. The molecule has 2 N–H and O–H groups in total. The normalized spacial score (nSPS) is 11.8. The quantitative estimate of drug-likeness (QED) is 0.674. The van der Waals surface area contributed by atoms with Crippen LogP contribution in [-0.2, 0) is 16.1 Å². The van der Waals surface area contributed by atoms with Crippen LogP contribution in [0.4, 0.5) is 0 Å². The molecule has 3 rings (SSSR count). The first kappa shape index (κ1) is 18.3. The first-order chi connectivity index (χ1) is 13.0. The molecule has 0 fully saturated rings. The number of nitrogens with one attached hydrogen (secondary N) is 2. The Bertz CT molecular complexity index is 1040. The van der Waals surface area contributed by atoms with E-state index < -0.39 is 23.5 Å². The molecule has 1 amide bonds. The van der Waals surface area contributed by atoms with Crippen molar-refractivity contribution in [3.63, 3.8) is 0 Å². The molecule has 1 atom stereocenters. The summed E-state index contributed by atoms with van der Waals surface area (Å²) in [5, 5.41) is 9.48. The number of hydrogen-bond donors (Lipinski definition) is 2. The molecule has 0 radical (unpaired) electrons. The maximum absolute atomic E-state index is 12.4. The van der Waals surface area contributed by atoms with Crippen LogP contribution in [0.25, 0.3) is 10.8 Å². The Labute approximate surface area is 155 Å². The summed E-state index contributed by atoms with van der Waals surface area (Å²) in [6.45, 7) is 3.80. The zero-order valence-corrected chi connectivity index (χ0v) is 15.0. The zero-order valence-electron chi connectivity index (χ0n) is 15.0. The van der Waals surface area contributed by atoms with Crippen molar-refractivity contribution in [3.8, 4) is 0 Å². The lowest BCUT2D eigenvalue weighted by Gasteiger charge is -2.14. The van der Waals surface area contributed by atoms with Crippen LogP contribution in [0.3, 0.4) is 0 Å². The van der Waals surface area contributed by atoms with Crippen molar-refractivity contribution >= 4 is 22.6 Å². The minimum absolute atomic E-state index is 0.0385. The number of fused-ring (bicyclic) bond motifs is 1. The average molecular weight is 365 g/mol. The predicted octanol–water partition coefficient (Wildman–Crippen LogP) is 2.09. The van der Waals surface area contributed by atoms with Crippen molar-refractivity contribution in [2.45, 2.75) is 26.5 Å². The van der Waals surface area contributed by atoms with Gasteiger partial charge in [0.15, 0.2) is 11.8 Å². The molecule has 1 heterocycles. The standard InChI is InChI=1S/C20H19N3O4/c1-12-7-9-14(10-8-12)11-21-18(24)13(2)27-20(26)17-15-5-3-4-6-16(15)19(25)23-22-17/h3-10,13H,11H2,1-2H3,(H,21,24)(H,23,25). The van der Waals surface area contributed by atoms with Crippen LogP contribution in [0, 0.1) is 6.92 Å². The van der Waals surface area contributed by atoms with Gasteiger partial charge in [0.05, 0.1) is 5.39 Å². The smallest absolute Gasteiger partial charge is 0.360 e. The van der Waals surface area contributed by atoms with Crippen LogP contribution in [-0.4, -0.2) is 28.2 Å². The number of ether oxygens (including phenoxy) is 1. The van der Waals surface area contributed by atoms with Gasteiger partial charge in [0.1, 0.15) is 0 Å². The minimum atomic E-state index is -1.00. The Morgan fingerprint density at radius 2 is 1.78 bits per heavy atom. The van der Waals surface area contributed by atoms with Gasteiger partial charge in [-0.05, 0) is 25.5 Å². The number of esters is 1. The van der Waals surface area contributed by atoms with Gasteiger partial charge in [-0.3, -0.25) is 9.59 Å². The summed E-state index contributed by atoms with van der Waals surface area (Å²) in [6, 6.07) is 14.3. The number of benzene rings is 2. The van der Waals surface area contributed by atoms with Crippen molar-refractivity contribution in [1.82, 2.24) is 15.5 Å². The first-order valence-corrected chi connectivity index (χ1v) is 8.47. The number of aryl methyl sites for hydroxylation is 1. The molecule has 138 valence electrons. The van der Waals surface area contributed by atoms with E-state index in [0.29, 0.717) is 17.3 Å². The van der Waals surface area contributed by atoms with Gasteiger partial charge in [-0.25, -0.2) is 9.89 Å². The Kier molecular flexibility index (Phi) is 5.30. The van der Waals surface area contributed by atoms with E-state index in [0.717, 1.165) is 11.1 Å². The third-order valence-corrected chi connectivity index (χ3v) is 4.13. The highest BCUT2D eigenvalue weighted by Gasteiger charge is 2.22. The maximum atomic E-state index is 12.4. The van der Waals surface area contributed by atoms with Gasteiger partial charge in [0, 0.05) is 11.9 Å². The van der Waals surface area contributed by atoms with E-state index >= 15 is 0 Å². The largest absolute Gasteiger partial charge is 0.448 e. The zero-order chi connectivity index (χ0) is 19.4. The molecule has 0 aliphatic heterocycles. The van der Waals surface area contributed by atoms with E-state index in [9.17, 15) is 14.4 Å². The van der Waals surface area contributed by atoms with Crippen LogP contribution in [0.15, 0.2) is 53.3 Å². The molecule has 0 aliphatic rings. The fraction of sp³-hybridized carbons (Fsp3) is 0.200. The number of hydrogen-bond acceptors (Lipinski definition) is 5. The highest BCUT2D eigenvalue weighted by atomic mass is 16.5. The lowest BCUT2D eigenvalue weighted by molar-refractivity contribution is -0.129. The molecule has 0 spiro atoms. The highest BCUT2D eigenvalue weighted by Crippen LogP contribution is 2.14. The molecule has 0 bridgehead atoms. The van der Waals surface area contributed by atoms with Gasteiger partial charge in [-0.1, -0.05) is 48.0 Å². The van der Waals surface area contributed by atoms with Gasteiger partial charge in [-0.15, -0.1) is 0 Å². The molecule has 27 heavy (non-hydrogen) atoms. The van der Waals surface area contributed by atoms with Crippen LogP contribution in [0.5, 0.6) is 0 Å². The number of amides is 1. The Balaban J connectivity index is 1.67. The summed E-state index contributed by atoms with van der Waals surface area (Å²) in [7, 11) is 0. The Hall–Kier alpha value is -3.48. The van der Waals surface area contributed by atoms with Crippen molar-refractivity contribution < 1.29 is 14.3 Å². The second-order valence-electron chi connectivity index (χ2n) is 6.20. The molecule has 0 saturated heterocycles. The van der Waals surface area contributed by atoms with E-state index in [2.05, 4.69) is 15.5 Å². The molecule has 3 aromatic rings. The van der Waals surface area contributed by atoms with Gasteiger partial charge in [0.25, 0.3) is 11.5 Å². The fourth-order valence-electron chi connectivity index (χ4n) is 2.58.